The summed E-state index contributed by atoms with van der Waals surface area (Å²) in [5.41, 5.74) is 0.599. The lowest BCUT2D eigenvalue weighted by Crippen LogP contribution is -2.42. The fourth-order valence-electron chi connectivity index (χ4n) is 1.96. The Morgan fingerprint density at radius 2 is 2.00 bits per heavy atom. The van der Waals surface area contributed by atoms with Crippen LogP contribution in [0.4, 0.5) is 0 Å². The minimum atomic E-state index is -0.550. The molecule has 0 fully saturated rings. The first-order chi connectivity index (χ1) is 9.10. The number of aliphatic hydroxyl groups excluding tert-OH is 1. The van der Waals surface area contributed by atoms with Crippen molar-refractivity contribution < 1.29 is 14.6 Å². The molecule has 1 N–H and O–H groups in total. The first-order valence-corrected chi connectivity index (χ1v) is 6.91. The summed E-state index contributed by atoms with van der Waals surface area (Å²) in [5, 5.41) is 9.82. The van der Waals surface area contributed by atoms with Gasteiger partial charge in [0.15, 0.2) is 0 Å². The van der Waals surface area contributed by atoms with Gasteiger partial charge in [0.25, 0.3) is 0 Å². The van der Waals surface area contributed by atoms with Gasteiger partial charge in [-0.2, -0.15) is 0 Å². The Bertz CT molecular complexity index is 299. The second-order valence-electron chi connectivity index (χ2n) is 4.31. The van der Waals surface area contributed by atoms with Crippen molar-refractivity contribution in [2.24, 2.45) is 0 Å². The van der Waals surface area contributed by atoms with Gasteiger partial charge in [-0.05, 0) is 38.3 Å². The van der Waals surface area contributed by atoms with Crippen LogP contribution in [0.3, 0.4) is 0 Å². The first-order valence-electron chi connectivity index (χ1n) is 6.91. The zero-order valence-electron chi connectivity index (χ0n) is 12.7. The molecule has 110 valence electrons. The molecular weight excluding hydrogens is 240 g/mol. The van der Waals surface area contributed by atoms with Crippen LogP contribution >= 0.6 is 0 Å². The molecule has 2 unspecified atom stereocenters. The van der Waals surface area contributed by atoms with Gasteiger partial charge >= 0.3 is 0 Å². The maximum atomic E-state index is 9.82. The van der Waals surface area contributed by atoms with E-state index in [9.17, 15) is 5.11 Å². The second kappa shape index (κ2) is 9.96. The fourth-order valence-corrected chi connectivity index (χ4v) is 1.96. The Morgan fingerprint density at radius 3 is 2.37 bits per heavy atom. The molecule has 0 spiro atoms. The summed E-state index contributed by atoms with van der Waals surface area (Å²) in [4.78, 5) is 0. The van der Waals surface area contributed by atoms with Crippen LogP contribution in [0.1, 0.15) is 33.6 Å². The summed E-state index contributed by atoms with van der Waals surface area (Å²) in [7, 11) is 1.63. The van der Waals surface area contributed by atoms with Gasteiger partial charge in [-0.15, -0.1) is 6.58 Å². The van der Waals surface area contributed by atoms with Gasteiger partial charge in [0.1, 0.15) is 11.7 Å². The van der Waals surface area contributed by atoms with E-state index in [1.807, 2.05) is 39.0 Å². The molecule has 0 bridgehead atoms. The predicted octanol–water partition coefficient (Wildman–Crippen LogP) is 3.26. The molecule has 0 aromatic rings. The molecule has 1 aliphatic rings. The van der Waals surface area contributed by atoms with Gasteiger partial charge in [-0.3, -0.25) is 0 Å². The van der Waals surface area contributed by atoms with Gasteiger partial charge in [0, 0.05) is 20.3 Å². The van der Waals surface area contributed by atoms with Crippen LogP contribution in [0.2, 0.25) is 0 Å². The Hall–Kier alpha value is -0.900. The maximum Gasteiger partial charge on any atom is 0.115 e. The van der Waals surface area contributed by atoms with Crippen molar-refractivity contribution in [1.29, 1.82) is 0 Å². The minimum absolute atomic E-state index is 0.549. The third-order valence-corrected chi connectivity index (χ3v) is 3.14. The van der Waals surface area contributed by atoms with E-state index >= 15 is 0 Å². The number of ether oxygens (including phenoxy) is 2. The van der Waals surface area contributed by atoms with Crippen molar-refractivity contribution >= 4 is 0 Å². The summed E-state index contributed by atoms with van der Waals surface area (Å²) < 4.78 is 10.2. The van der Waals surface area contributed by atoms with Crippen molar-refractivity contribution in [1.82, 2.24) is 0 Å². The van der Waals surface area contributed by atoms with Crippen molar-refractivity contribution in [3.63, 3.8) is 0 Å². The molecule has 0 saturated carbocycles. The Labute approximate surface area is 117 Å². The molecule has 0 amide bonds. The van der Waals surface area contributed by atoms with Crippen molar-refractivity contribution in [3.8, 4) is 0 Å². The van der Waals surface area contributed by atoms with Crippen LogP contribution in [0, 0.1) is 0 Å². The number of allylic oxidation sites excluding steroid dienone is 3. The highest BCUT2D eigenvalue weighted by Gasteiger charge is 2.34. The summed E-state index contributed by atoms with van der Waals surface area (Å²) in [6.07, 6.45) is 8.59. The largest absolute Gasteiger partial charge is 0.386 e. The minimum Gasteiger partial charge on any atom is -0.386 e. The van der Waals surface area contributed by atoms with Crippen molar-refractivity contribution in [2.75, 3.05) is 20.3 Å². The highest BCUT2D eigenvalue weighted by molar-refractivity contribution is 5.33. The topological polar surface area (TPSA) is 38.7 Å². The molecule has 0 aromatic carbocycles. The normalized spacial score (nSPS) is 25.3. The monoisotopic (exact) mass is 268 g/mol. The Morgan fingerprint density at radius 1 is 1.37 bits per heavy atom. The molecule has 3 heteroatoms. The zero-order valence-corrected chi connectivity index (χ0v) is 12.7. The lowest BCUT2D eigenvalue weighted by atomic mass is 9.85. The Kier molecular flexibility index (Phi) is 9.48. The third-order valence-electron chi connectivity index (χ3n) is 3.14. The predicted molar refractivity (Wildman–Crippen MR) is 80.2 cm³/mol. The molecule has 0 aromatic heterocycles. The molecule has 0 radical (unpaired) electrons. The SMILES string of the molecule is C=CCC1=CC(CC)(OC)C(O)C=C1.CCOCC. The molecule has 1 aliphatic carbocycles. The van der Waals surface area contributed by atoms with Gasteiger partial charge < -0.3 is 14.6 Å². The zero-order chi connectivity index (χ0) is 14.7. The van der Waals surface area contributed by atoms with Crippen molar-refractivity contribution in [2.45, 2.75) is 45.3 Å². The van der Waals surface area contributed by atoms with Crippen LogP contribution < -0.4 is 0 Å². The highest BCUT2D eigenvalue weighted by atomic mass is 16.5. The van der Waals surface area contributed by atoms with Crippen LogP contribution in [0.25, 0.3) is 0 Å². The highest BCUT2D eigenvalue weighted by Crippen LogP contribution is 2.29. The molecule has 3 nitrogen and oxygen atoms in total. The molecule has 0 aliphatic heterocycles. The fraction of sp³-hybridized carbons (Fsp3) is 0.625. The number of hydrogen-bond acceptors (Lipinski definition) is 3. The van der Waals surface area contributed by atoms with E-state index < -0.39 is 11.7 Å². The van der Waals surface area contributed by atoms with Crippen molar-refractivity contribution in [3.05, 3.63) is 36.5 Å². The van der Waals surface area contributed by atoms with Gasteiger partial charge in [0.05, 0.1) is 0 Å². The molecule has 1 rings (SSSR count). The van der Waals surface area contributed by atoms with Gasteiger partial charge in [-0.1, -0.05) is 25.2 Å². The second-order valence-corrected chi connectivity index (χ2v) is 4.31. The van der Waals surface area contributed by atoms with E-state index in [4.69, 9.17) is 9.47 Å². The molecule has 2 atom stereocenters. The van der Waals surface area contributed by atoms with E-state index in [2.05, 4.69) is 6.58 Å². The number of methoxy groups -OCH3 is 1. The third kappa shape index (κ3) is 5.72. The maximum absolute atomic E-state index is 9.82. The summed E-state index contributed by atoms with van der Waals surface area (Å²) >= 11 is 0. The van der Waals surface area contributed by atoms with Crippen LogP contribution in [0.15, 0.2) is 36.5 Å². The standard InChI is InChI=1S/C12H18O2.C4H10O/c1-4-6-10-7-8-11(13)12(5-2,9-10)14-3;1-3-5-4-2/h4,7-9,11,13H,1,5-6H2,2-3H3;3-4H2,1-2H3. The Balaban J connectivity index is 0.000000555. The number of aliphatic hydroxyl groups is 1. The van der Waals surface area contributed by atoms with E-state index in [0.717, 1.165) is 31.6 Å². The smallest absolute Gasteiger partial charge is 0.115 e. The molecule has 19 heavy (non-hydrogen) atoms. The van der Waals surface area contributed by atoms with Crippen LogP contribution in [0.5, 0.6) is 0 Å². The average molecular weight is 268 g/mol. The molecular formula is C16H28O3. The lowest BCUT2D eigenvalue weighted by Gasteiger charge is -2.34. The number of hydrogen-bond donors (Lipinski definition) is 1. The molecule has 0 heterocycles. The summed E-state index contributed by atoms with van der Waals surface area (Å²) in [5.74, 6) is 0. The molecule has 0 saturated heterocycles. The van der Waals surface area contributed by atoms with E-state index in [0.29, 0.717) is 0 Å². The van der Waals surface area contributed by atoms with Gasteiger partial charge in [0.2, 0.25) is 0 Å². The first kappa shape index (κ1) is 18.1. The quantitative estimate of drug-likeness (QED) is 0.751. The lowest BCUT2D eigenvalue weighted by molar-refractivity contribution is -0.0519. The number of rotatable bonds is 6. The van der Waals surface area contributed by atoms with E-state index in [-0.39, 0.29) is 0 Å². The average Bonchev–Trinajstić information content (AvgIpc) is 2.43. The van der Waals surface area contributed by atoms with E-state index in [1.165, 1.54) is 0 Å². The van der Waals surface area contributed by atoms with Crippen LogP contribution in [-0.4, -0.2) is 37.1 Å². The summed E-state index contributed by atoms with van der Waals surface area (Å²) in [6.45, 7) is 11.4. The summed E-state index contributed by atoms with van der Waals surface area (Å²) in [6, 6.07) is 0. The van der Waals surface area contributed by atoms with Gasteiger partial charge in [-0.25, -0.2) is 0 Å². The van der Waals surface area contributed by atoms with Crippen LogP contribution in [-0.2, 0) is 9.47 Å². The van der Waals surface area contributed by atoms with E-state index in [1.54, 1.807) is 13.2 Å².